The largest absolute Gasteiger partial charge is 0.382 e. The molecule has 0 radical (unpaired) electrons. The van der Waals surface area contributed by atoms with E-state index in [-0.39, 0.29) is 43.0 Å². The highest BCUT2D eigenvalue weighted by atomic mass is 31.2. The Morgan fingerprint density at radius 3 is 2.91 bits per heavy atom. The molecule has 0 fully saturated rings. The van der Waals surface area contributed by atoms with Crippen LogP contribution in [0.25, 0.3) is 11.2 Å². The fourth-order valence-corrected chi connectivity index (χ4v) is 2.59. The van der Waals surface area contributed by atoms with Gasteiger partial charge in [0, 0.05) is 7.11 Å². The van der Waals surface area contributed by atoms with Crippen molar-refractivity contribution in [2.75, 3.05) is 25.6 Å². The summed E-state index contributed by atoms with van der Waals surface area (Å²) in [5.41, 5.74) is 5.43. The van der Waals surface area contributed by atoms with Crippen molar-refractivity contribution in [3.63, 3.8) is 0 Å². The first-order chi connectivity index (χ1) is 10.8. The number of anilines is 1. The molecule has 2 heterocycles. The highest BCUT2D eigenvalue weighted by Crippen LogP contribution is 2.35. The van der Waals surface area contributed by atoms with Crippen LogP contribution in [0.2, 0.25) is 0 Å². The lowest BCUT2D eigenvalue weighted by Crippen LogP contribution is -2.22. The Morgan fingerprint density at radius 2 is 2.26 bits per heavy atom. The third-order valence-electron chi connectivity index (χ3n) is 3.04. The molecule has 5 N–H and O–H groups in total. The molecule has 2 aromatic rings. The van der Waals surface area contributed by atoms with Gasteiger partial charge in [-0.15, -0.1) is 0 Å². The van der Waals surface area contributed by atoms with Gasteiger partial charge in [0.1, 0.15) is 6.73 Å². The van der Waals surface area contributed by atoms with Crippen LogP contribution in [0, 0.1) is 0 Å². The molecule has 2 rings (SSSR count). The maximum absolute atomic E-state index is 11.7. The lowest BCUT2D eigenvalue weighted by Gasteiger charge is -2.17. The molecule has 1 unspecified atom stereocenters. The lowest BCUT2D eigenvalue weighted by molar-refractivity contribution is -0.0346. The quantitative estimate of drug-likeness (QED) is 0.450. The number of nitrogens with one attached hydrogen (secondary N) is 1. The van der Waals surface area contributed by atoms with Crippen molar-refractivity contribution in [1.82, 2.24) is 19.5 Å². The monoisotopic (exact) mass is 347 g/mol. The Morgan fingerprint density at radius 1 is 1.52 bits per heavy atom. The van der Waals surface area contributed by atoms with Crippen LogP contribution in [0.1, 0.15) is 6.42 Å². The highest BCUT2D eigenvalue weighted by Gasteiger charge is 2.19. The zero-order valence-corrected chi connectivity index (χ0v) is 13.3. The van der Waals surface area contributed by atoms with E-state index in [1.165, 1.54) is 18.0 Å². The van der Waals surface area contributed by atoms with E-state index in [4.69, 9.17) is 25.0 Å². The molecular formula is C11H18N5O6P. The zero-order chi connectivity index (χ0) is 17.0. The van der Waals surface area contributed by atoms with Gasteiger partial charge in [-0.1, -0.05) is 0 Å². The summed E-state index contributed by atoms with van der Waals surface area (Å²) in [4.78, 5) is 39.8. The summed E-state index contributed by atoms with van der Waals surface area (Å²) in [5.74, 6) is -0.0424. The molecule has 0 aliphatic carbocycles. The molecule has 1 atom stereocenters. The fraction of sp³-hybridized carbons (Fsp3) is 0.545. The number of nitrogens with two attached hydrogens (primary N) is 1. The second kappa shape index (κ2) is 7.20. The molecule has 0 spiro atoms. The van der Waals surface area contributed by atoms with E-state index in [9.17, 15) is 9.36 Å². The Balaban J connectivity index is 2.08. The molecule has 0 saturated carbocycles. The number of aromatic amines is 1. The maximum atomic E-state index is 11.7. The first-order valence-corrected chi connectivity index (χ1v) is 8.45. The van der Waals surface area contributed by atoms with Crippen LogP contribution >= 0.6 is 7.60 Å². The number of nitrogen functional groups attached to an aromatic ring is 1. The average Bonchev–Trinajstić information content (AvgIpc) is 2.84. The van der Waals surface area contributed by atoms with Gasteiger partial charge in [-0.3, -0.25) is 18.9 Å². The number of hydrogen-bond donors (Lipinski definition) is 4. The average molecular weight is 347 g/mol. The van der Waals surface area contributed by atoms with Crippen molar-refractivity contribution in [1.29, 1.82) is 0 Å². The van der Waals surface area contributed by atoms with Gasteiger partial charge < -0.3 is 25.0 Å². The Labute approximate surface area is 130 Å². The normalized spacial score (nSPS) is 13.5. The summed E-state index contributed by atoms with van der Waals surface area (Å²) in [7, 11) is -2.65. The maximum Gasteiger partial charge on any atom is 0.325 e. The van der Waals surface area contributed by atoms with Gasteiger partial charge in [-0.25, -0.2) is 4.98 Å². The van der Waals surface area contributed by atoms with Crippen molar-refractivity contribution in [3.05, 3.63) is 16.7 Å². The third kappa shape index (κ3) is 4.85. The molecule has 0 aliphatic heterocycles. The Kier molecular flexibility index (Phi) is 5.50. The van der Waals surface area contributed by atoms with E-state index < -0.39 is 19.3 Å². The number of ether oxygens (including phenoxy) is 2. The van der Waals surface area contributed by atoms with E-state index in [0.717, 1.165) is 0 Å². The van der Waals surface area contributed by atoms with Crippen LogP contribution in [0.3, 0.4) is 0 Å². The summed E-state index contributed by atoms with van der Waals surface area (Å²) in [6, 6.07) is 0. The number of rotatable bonds is 8. The number of H-pyrrole nitrogens is 1. The van der Waals surface area contributed by atoms with Crippen LogP contribution in [0.15, 0.2) is 11.1 Å². The minimum absolute atomic E-state index is 0.0123. The topological polar surface area (TPSA) is 166 Å². The van der Waals surface area contributed by atoms with Gasteiger partial charge >= 0.3 is 7.60 Å². The molecular weight excluding hydrogens is 329 g/mol. The van der Waals surface area contributed by atoms with Crippen molar-refractivity contribution >= 4 is 24.7 Å². The van der Waals surface area contributed by atoms with E-state index >= 15 is 0 Å². The van der Waals surface area contributed by atoms with Crippen LogP contribution in [-0.2, 0) is 20.8 Å². The van der Waals surface area contributed by atoms with E-state index in [2.05, 4.69) is 15.0 Å². The van der Waals surface area contributed by atoms with E-state index in [0.29, 0.717) is 0 Å². The minimum atomic E-state index is -4.11. The molecule has 23 heavy (non-hydrogen) atoms. The van der Waals surface area contributed by atoms with Crippen LogP contribution in [-0.4, -0.2) is 55.3 Å². The van der Waals surface area contributed by atoms with Gasteiger partial charge in [0.2, 0.25) is 5.95 Å². The number of nitrogens with zero attached hydrogens (tertiary/aromatic N) is 3. The Hall–Kier alpha value is -1.78. The summed E-state index contributed by atoms with van der Waals surface area (Å²) in [6.07, 6.45) is 0.667. The molecule has 0 saturated heterocycles. The fourth-order valence-electron chi connectivity index (χ4n) is 1.96. The SMILES string of the molecule is COCC(CCP(=O)(O)O)OCn1cnc2c(=O)[nH]c(N)nc21. The molecule has 12 heteroatoms. The van der Waals surface area contributed by atoms with Crippen LogP contribution in [0.4, 0.5) is 5.95 Å². The number of methoxy groups -OCH3 is 1. The summed E-state index contributed by atoms with van der Waals surface area (Å²) in [5, 5.41) is 0. The standard InChI is InChI=1S/C11H18N5O6P/c1-21-4-7(2-3-23(18,19)20)22-6-16-5-13-8-9(16)14-11(12)15-10(8)17/h5,7H,2-4,6H2,1H3,(H2,18,19,20)(H3,12,14,15,17). The molecule has 128 valence electrons. The van der Waals surface area contributed by atoms with Crippen molar-refractivity contribution in [3.8, 4) is 0 Å². The first kappa shape index (κ1) is 17.6. The smallest absolute Gasteiger partial charge is 0.325 e. The third-order valence-corrected chi connectivity index (χ3v) is 3.88. The van der Waals surface area contributed by atoms with Gasteiger partial charge in [-0.05, 0) is 6.42 Å². The highest BCUT2D eigenvalue weighted by molar-refractivity contribution is 7.51. The van der Waals surface area contributed by atoms with E-state index in [1.807, 2.05) is 0 Å². The summed E-state index contributed by atoms with van der Waals surface area (Å²) >= 11 is 0. The van der Waals surface area contributed by atoms with Gasteiger partial charge in [0.05, 0.1) is 25.2 Å². The molecule has 0 bridgehead atoms. The van der Waals surface area contributed by atoms with Gasteiger partial charge in [-0.2, -0.15) is 4.98 Å². The summed E-state index contributed by atoms with van der Waals surface area (Å²) < 4.78 is 23.0. The predicted octanol–water partition coefficient (Wildman–Crippen LogP) is -0.741. The van der Waals surface area contributed by atoms with Gasteiger partial charge in [0.15, 0.2) is 11.2 Å². The predicted molar refractivity (Wildman–Crippen MR) is 80.8 cm³/mol. The zero-order valence-electron chi connectivity index (χ0n) is 12.4. The van der Waals surface area contributed by atoms with Crippen molar-refractivity contribution in [2.45, 2.75) is 19.3 Å². The van der Waals surface area contributed by atoms with Crippen molar-refractivity contribution < 1.29 is 23.8 Å². The molecule has 0 aromatic carbocycles. The molecule has 0 aliphatic rings. The molecule has 0 amide bonds. The molecule has 2 aromatic heterocycles. The Bertz CT molecular complexity index is 768. The lowest BCUT2D eigenvalue weighted by atomic mass is 10.3. The van der Waals surface area contributed by atoms with Crippen LogP contribution in [0.5, 0.6) is 0 Å². The molecule has 11 nitrogen and oxygen atoms in total. The second-order valence-electron chi connectivity index (χ2n) is 4.89. The second-order valence-corrected chi connectivity index (χ2v) is 6.66. The minimum Gasteiger partial charge on any atom is -0.382 e. The number of hydrogen-bond acceptors (Lipinski definition) is 7. The van der Waals surface area contributed by atoms with Crippen molar-refractivity contribution in [2.24, 2.45) is 0 Å². The number of imidazole rings is 1. The van der Waals surface area contributed by atoms with E-state index in [1.54, 1.807) is 0 Å². The van der Waals surface area contributed by atoms with Crippen LogP contribution < -0.4 is 11.3 Å². The first-order valence-electron chi connectivity index (χ1n) is 6.66. The number of fused-ring (bicyclic) bond motifs is 1. The van der Waals surface area contributed by atoms with Gasteiger partial charge in [0.25, 0.3) is 5.56 Å². The summed E-state index contributed by atoms with van der Waals surface area (Å²) in [6.45, 7) is 0.157. The number of aromatic nitrogens is 4.